The second kappa shape index (κ2) is 7.88. The van der Waals surface area contributed by atoms with Crippen molar-refractivity contribution in [2.45, 2.75) is 57.7 Å². The number of hydrogen-bond acceptors (Lipinski definition) is 5. The molecule has 7 nitrogen and oxygen atoms in total. The van der Waals surface area contributed by atoms with E-state index in [-0.39, 0.29) is 11.5 Å². The largest absolute Gasteiger partial charge is 0.358 e. The van der Waals surface area contributed by atoms with Crippen LogP contribution in [0.4, 0.5) is 0 Å². The van der Waals surface area contributed by atoms with Crippen LogP contribution in [-0.4, -0.2) is 35.9 Å². The van der Waals surface area contributed by atoms with Crippen LogP contribution in [0, 0.1) is 5.92 Å². The van der Waals surface area contributed by atoms with E-state index >= 15 is 0 Å². The summed E-state index contributed by atoms with van der Waals surface area (Å²) in [5, 5.41) is 5.95. The van der Waals surface area contributed by atoms with Crippen molar-refractivity contribution >= 4 is 33.7 Å². The van der Waals surface area contributed by atoms with Crippen LogP contribution in [0.25, 0.3) is 33.3 Å². The van der Waals surface area contributed by atoms with Gasteiger partial charge >= 0.3 is 0 Å². The molecule has 2 aliphatic rings. The van der Waals surface area contributed by atoms with Gasteiger partial charge in [0.25, 0.3) is 0 Å². The molecule has 2 fully saturated rings. The van der Waals surface area contributed by atoms with Gasteiger partial charge < -0.3 is 4.74 Å². The molecular formula is C23H25ClN6O. The van der Waals surface area contributed by atoms with Gasteiger partial charge in [0.2, 0.25) is 5.28 Å². The average molecular weight is 437 g/mol. The standard InChI is InChI=1S/C23H25ClN6O/c24-23-27-20(21-22(28-23)29(14-25-21)19-6-1-2-11-31-19)16-7-8-18-17(12-16)13-26-30(18)10-9-15-4-3-5-15/h7-8,12-15,19H,1-6,9-11H2/t19-/m0/s1. The van der Waals surface area contributed by atoms with Crippen molar-refractivity contribution < 1.29 is 4.74 Å². The molecule has 8 heteroatoms. The average Bonchev–Trinajstić information content (AvgIpc) is 3.36. The Morgan fingerprint density at radius 1 is 1.10 bits per heavy atom. The molecular weight excluding hydrogens is 412 g/mol. The summed E-state index contributed by atoms with van der Waals surface area (Å²) in [5.41, 5.74) is 4.33. The highest BCUT2D eigenvalue weighted by molar-refractivity contribution is 6.28. The molecule has 0 radical (unpaired) electrons. The number of ether oxygens (including phenoxy) is 1. The van der Waals surface area contributed by atoms with Crippen molar-refractivity contribution in [2.24, 2.45) is 5.92 Å². The number of halogens is 1. The highest BCUT2D eigenvalue weighted by atomic mass is 35.5. The minimum absolute atomic E-state index is 0.0473. The number of nitrogens with zero attached hydrogens (tertiary/aromatic N) is 6. The second-order valence-corrected chi connectivity index (χ2v) is 9.05. The fourth-order valence-electron chi connectivity index (χ4n) is 4.74. The van der Waals surface area contributed by atoms with Crippen molar-refractivity contribution in [2.75, 3.05) is 6.61 Å². The van der Waals surface area contributed by atoms with E-state index in [2.05, 4.69) is 42.9 Å². The molecule has 0 amide bonds. The van der Waals surface area contributed by atoms with Gasteiger partial charge in [0.05, 0.1) is 18.0 Å². The number of hydrogen-bond donors (Lipinski definition) is 0. The molecule has 1 saturated heterocycles. The summed E-state index contributed by atoms with van der Waals surface area (Å²) < 4.78 is 10.0. The van der Waals surface area contributed by atoms with Crippen LogP contribution < -0.4 is 0 Å². The van der Waals surface area contributed by atoms with E-state index < -0.39 is 0 Å². The number of fused-ring (bicyclic) bond motifs is 2. The summed E-state index contributed by atoms with van der Waals surface area (Å²) in [6, 6.07) is 6.33. The van der Waals surface area contributed by atoms with Gasteiger partial charge in [-0.3, -0.25) is 9.25 Å². The lowest BCUT2D eigenvalue weighted by Crippen LogP contribution is -2.17. The maximum absolute atomic E-state index is 6.33. The van der Waals surface area contributed by atoms with Gasteiger partial charge in [0.1, 0.15) is 17.4 Å². The number of benzene rings is 1. The molecule has 1 atom stereocenters. The smallest absolute Gasteiger partial charge is 0.225 e. The summed E-state index contributed by atoms with van der Waals surface area (Å²) in [6.07, 6.45) is 12.2. The summed E-state index contributed by atoms with van der Waals surface area (Å²) in [6.45, 7) is 1.74. The molecule has 1 aliphatic heterocycles. The van der Waals surface area contributed by atoms with Gasteiger partial charge in [0, 0.05) is 24.1 Å². The van der Waals surface area contributed by atoms with Gasteiger partial charge in [0.15, 0.2) is 5.65 Å². The Bertz CT molecular complexity index is 1240. The summed E-state index contributed by atoms with van der Waals surface area (Å²) in [5.74, 6) is 0.873. The third-order valence-electron chi connectivity index (χ3n) is 6.75. The predicted molar refractivity (Wildman–Crippen MR) is 120 cm³/mol. The van der Waals surface area contributed by atoms with Crippen LogP contribution in [0.3, 0.4) is 0 Å². The first-order valence-corrected chi connectivity index (χ1v) is 11.6. The van der Waals surface area contributed by atoms with Gasteiger partial charge in [-0.05, 0) is 55.3 Å². The van der Waals surface area contributed by atoms with E-state index in [0.29, 0.717) is 0 Å². The van der Waals surface area contributed by atoms with E-state index in [1.54, 1.807) is 6.33 Å². The van der Waals surface area contributed by atoms with Gasteiger partial charge in [-0.15, -0.1) is 0 Å². The highest BCUT2D eigenvalue weighted by Gasteiger charge is 2.22. The Morgan fingerprint density at radius 2 is 2.03 bits per heavy atom. The Morgan fingerprint density at radius 3 is 2.84 bits per heavy atom. The molecule has 1 aliphatic carbocycles. The van der Waals surface area contributed by atoms with Gasteiger partial charge in [-0.1, -0.05) is 25.3 Å². The topological polar surface area (TPSA) is 70.7 Å². The molecule has 0 N–H and O–H groups in total. The molecule has 0 spiro atoms. The molecule has 1 saturated carbocycles. The quantitative estimate of drug-likeness (QED) is 0.392. The van der Waals surface area contributed by atoms with Crippen LogP contribution >= 0.6 is 11.6 Å². The molecule has 3 aromatic heterocycles. The van der Waals surface area contributed by atoms with E-state index in [9.17, 15) is 0 Å². The molecule has 160 valence electrons. The van der Waals surface area contributed by atoms with Crippen molar-refractivity contribution in [1.82, 2.24) is 29.3 Å². The minimum atomic E-state index is -0.0473. The molecule has 0 bridgehead atoms. The zero-order chi connectivity index (χ0) is 20.8. The van der Waals surface area contributed by atoms with Crippen molar-refractivity contribution in [1.29, 1.82) is 0 Å². The Hall–Kier alpha value is -2.51. The number of imidazole rings is 1. The monoisotopic (exact) mass is 436 g/mol. The maximum Gasteiger partial charge on any atom is 0.225 e. The van der Waals surface area contributed by atoms with E-state index in [0.717, 1.165) is 71.7 Å². The van der Waals surface area contributed by atoms with Crippen molar-refractivity contribution in [3.8, 4) is 11.3 Å². The lowest BCUT2D eigenvalue weighted by atomic mass is 9.83. The fourth-order valence-corrected chi connectivity index (χ4v) is 4.91. The lowest BCUT2D eigenvalue weighted by molar-refractivity contribution is -0.0298. The normalized spacial score (nSPS) is 19.8. The SMILES string of the molecule is Clc1nc(-c2ccc3c(cnn3CCC3CCC3)c2)c2ncn([C@@H]3CCCCO3)c2n1. The Labute approximate surface area is 185 Å². The summed E-state index contributed by atoms with van der Waals surface area (Å²) >= 11 is 6.33. The summed E-state index contributed by atoms with van der Waals surface area (Å²) in [4.78, 5) is 13.6. The van der Waals surface area contributed by atoms with E-state index in [1.807, 2.05) is 10.8 Å². The van der Waals surface area contributed by atoms with Crippen LogP contribution in [0.1, 0.15) is 51.2 Å². The Balaban J connectivity index is 1.36. The first kappa shape index (κ1) is 19.2. The van der Waals surface area contributed by atoms with Crippen LogP contribution in [0.5, 0.6) is 0 Å². The van der Waals surface area contributed by atoms with E-state index in [4.69, 9.17) is 16.3 Å². The molecule has 0 unspecified atom stereocenters. The van der Waals surface area contributed by atoms with E-state index in [1.165, 1.54) is 25.7 Å². The minimum Gasteiger partial charge on any atom is -0.358 e. The zero-order valence-corrected chi connectivity index (χ0v) is 18.1. The van der Waals surface area contributed by atoms with Gasteiger partial charge in [-0.25, -0.2) is 9.97 Å². The number of aromatic nitrogens is 6. The lowest BCUT2D eigenvalue weighted by Gasteiger charge is -2.25. The van der Waals surface area contributed by atoms with Crippen LogP contribution in [-0.2, 0) is 11.3 Å². The van der Waals surface area contributed by atoms with Crippen molar-refractivity contribution in [3.63, 3.8) is 0 Å². The summed E-state index contributed by atoms with van der Waals surface area (Å²) in [7, 11) is 0. The molecule has 4 aromatic rings. The number of rotatable bonds is 5. The zero-order valence-electron chi connectivity index (χ0n) is 17.4. The first-order chi connectivity index (χ1) is 15.3. The molecule has 6 rings (SSSR count). The maximum atomic E-state index is 6.33. The van der Waals surface area contributed by atoms with Gasteiger partial charge in [-0.2, -0.15) is 10.1 Å². The first-order valence-electron chi connectivity index (χ1n) is 11.2. The fraction of sp³-hybridized carbons (Fsp3) is 0.478. The second-order valence-electron chi connectivity index (χ2n) is 8.71. The predicted octanol–water partition coefficient (Wildman–Crippen LogP) is 5.39. The van der Waals surface area contributed by atoms with Crippen LogP contribution in [0.2, 0.25) is 5.28 Å². The molecule has 1 aromatic carbocycles. The molecule has 31 heavy (non-hydrogen) atoms. The number of aryl methyl sites for hydroxylation is 1. The highest BCUT2D eigenvalue weighted by Crippen LogP contribution is 2.33. The third kappa shape index (κ3) is 3.49. The van der Waals surface area contributed by atoms with Crippen LogP contribution in [0.15, 0.2) is 30.7 Å². The molecule has 4 heterocycles. The third-order valence-corrected chi connectivity index (χ3v) is 6.92. The Kier molecular flexibility index (Phi) is 4.88. The van der Waals surface area contributed by atoms with Crippen molar-refractivity contribution in [3.05, 3.63) is 36.0 Å².